The predicted molar refractivity (Wildman–Crippen MR) is 61.0 cm³/mol. The van der Waals surface area contributed by atoms with Crippen LogP contribution in [0.5, 0.6) is 0 Å². The van der Waals surface area contributed by atoms with Crippen LogP contribution in [0.4, 0.5) is 0 Å². The van der Waals surface area contributed by atoms with Gasteiger partial charge in [0.1, 0.15) is 12.2 Å². The molecule has 5 N–H and O–H groups in total. The second-order valence-electron chi connectivity index (χ2n) is 4.29. The van der Waals surface area contributed by atoms with E-state index in [1.165, 1.54) is 13.1 Å². The topological polar surface area (TPSA) is 131 Å². The monoisotopic (exact) mass is 257 g/mol. The van der Waals surface area contributed by atoms with Crippen LogP contribution in [0.15, 0.2) is 15.8 Å². The first-order chi connectivity index (χ1) is 8.45. The average Bonchev–Trinajstić information content (AvgIpc) is 2.61. The molecule has 0 radical (unpaired) electrons. The van der Waals surface area contributed by atoms with Crippen molar-refractivity contribution >= 4 is 0 Å². The molecule has 1 aromatic rings. The minimum Gasteiger partial charge on any atom is -0.394 e. The number of aliphatic hydroxyl groups is 2. The second kappa shape index (κ2) is 4.65. The smallest absolute Gasteiger partial charge is 0.330 e. The summed E-state index contributed by atoms with van der Waals surface area (Å²) >= 11 is 0. The van der Waals surface area contributed by atoms with Crippen molar-refractivity contribution in [3.63, 3.8) is 0 Å². The Bertz CT molecular complexity index is 551. The van der Waals surface area contributed by atoms with Crippen molar-refractivity contribution in [2.75, 3.05) is 6.61 Å². The van der Waals surface area contributed by atoms with Crippen molar-refractivity contribution in [3.8, 4) is 0 Å². The van der Waals surface area contributed by atoms with E-state index in [4.69, 9.17) is 15.6 Å². The summed E-state index contributed by atoms with van der Waals surface area (Å²) in [6, 6.07) is -0.792. The molecular weight excluding hydrogens is 242 g/mol. The molecular formula is C10H15N3O5. The molecule has 0 spiro atoms. The van der Waals surface area contributed by atoms with E-state index in [-0.39, 0.29) is 6.61 Å². The molecule has 1 aliphatic rings. The van der Waals surface area contributed by atoms with Gasteiger partial charge in [0.25, 0.3) is 5.56 Å². The SMILES string of the molecule is Cc1cn(C2OC(CO)C(N)C2O)c(=O)[nH]c1=O. The zero-order valence-corrected chi connectivity index (χ0v) is 9.74. The van der Waals surface area contributed by atoms with Crippen LogP contribution in [0, 0.1) is 6.92 Å². The Hall–Kier alpha value is -1.48. The number of aromatic nitrogens is 2. The number of nitrogens with one attached hydrogen (secondary N) is 1. The lowest BCUT2D eigenvalue weighted by Crippen LogP contribution is -2.42. The highest BCUT2D eigenvalue weighted by molar-refractivity contribution is 5.03. The van der Waals surface area contributed by atoms with Crippen LogP contribution in [0.3, 0.4) is 0 Å². The summed E-state index contributed by atoms with van der Waals surface area (Å²) in [6.07, 6.45) is -1.60. The van der Waals surface area contributed by atoms with Crippen LogP contribution in [0.25, 0.3) is 0 Å². The number of hydrogen-bond acceptors (Lipinski definition) is 6. The largest absolute Gasteiger partial charge is 0.394 e. The number of nitrogens with zero attached hydrogens (tertiary/aromatic N) is 1. The standard InChI is InChI=1S/C10H15N3O5/c1-4-2-13(10(17)12-8(4)16)9-7(15)6(11)5(3-14)18-9/h2,5-7,9,14-15H,3,11H2,1H3,(H,12,16,17). The van der Waals surface area contributed by atoms with Gasteiger partial charge < -0.3 is 20.7 Å². The third-order valence-corrected chi connectivity index (χ3v) is 3.03. The normalized spacial score (nSPS) is 31.8. The van der Waals surface area contributed by atoms with Gasteiger partial charge in [0.2, 0.25) is 0 Å². The van der Waals surface area contributed by atoms with Gasteiger partial charge in [0.15, 0.2) is 6.23 Å². The van der Waals surface area contributed by atoms with Gasteiger partial charge in [-0.2, -0.15) is 0 Å². The van der Waals surface area contributed by atoms with Crippen molar-refractivity contribution in [2.45, 2.75) is 31.4 Å². The molecule has 4 unspecified atom stereocenters. The molecule has 2 rings (SSSR count). The van der Waals surface area contributed by atoms with Gasteiger partial charge in [-0.3, -0.25) is 14.3 Å². The maximum Gasteiger partial charge on any atom is 0.330 e. The van der Waals surface area contributed by atoms with E-state index in [1.807, 2.05) is 0 Å². The van der Waals surface area contributed by atoms with E-state index in [9.17, 15) is 14.7 Å². The molecule has 0 aromatic carbocycles. The van der Waals surface area contributed by atoms with Gasteiger partial charge in [-0.15, -0.1) is 0 Å². The van der Waals surface area contributed by atoms with E-state index < -0.39 is 35.7 Å². The van der Waals surface area contributed by atoms with Crippen molar-refractivity contribution in [3.05, 3.63) is 32.6 Å². The lowest BCUT2D eigenvalue weighted by atomic mass is 10.1. The van der Waals surface area contributed by atoms with Gasteiger partial charge in [0, 0.05) is 11.8 Å². The van der Waals surface area contributed by atoms with Crippen molar-refractivity contribution < 1.29 is 14.9 Å². The van der Waals surface area contributed by atoms with Gasteiger partial charge in [-0.25, -0.2) is 4.79 Å². The zero-order valence-electron chi connectivity index (χ0n) is 9.74. The van der Waals surface area contributed by atoms with Crippen LogP contribution in [-0.4, -0.2) is 44.6 Å². The molecule has 1 aliphatic heterocycles. The fraction of sp³-hybridized carbons (Fsp3) is 0.600. The first kappa shape index (κ1) is 13.0. The lowest BCUT2D eigenvalue weighted by molar-refractivity contribution is -0.0532. The Morgan fingerprint density at radius 3 is 2.78 bits per heavy atom. The highest BCUT2D eigenvalue weighted by Gasteiger charge is 2.42. The number of nitrogens with two attached hydrogens (primary N) is 1. The van der Waals surface area contributed by atoms with E-state index in [0.29, 0.717) is 5.56 Å². The van der Waals surface area contributed by atoms with Crippen LogP contribution < -0.4 is 17.0 Å². The zero-order chi connectivity index (χ0) is 13.4. The highest BCUT2D eigenvalue weighted by Crippen LogP contribution is 2.26. The van der Waals surface area contributed by atoms with Crippen LogP contribution in [-0.2, 0) is 4.74 Å². The molecule has 4 atom stereocenters. The number of ether oxygens (including phenoxy) is 1. The second-order valence-corrected chi connectivity index (χ2v) is 4.29. The molecule has 1 saturated heterocycles. The predicted octanol–water partition coefficient (Wildman–Crippen LogP) is -2.58. The van der Waals surface area contributed by atoms with Crippen molar-refractivity contribution in [1.82, 2.24) is 9.55 Å². The summed E-state index contributed by atoms with van der Waals surface area (Å²) < 4.78 is 6.38. The maximum absolute atomic E-state index is 11.6. The molecule has 1 fully saturated rings. The Balaban J connectivity index is 2.42. The van der Waals surface area contributed by atoms with Crippen LogP contribution >= 0.6 is 0 Å². The molecule has 2 heterocycles. The Morgan fingerprint density at radius 2 is 2.22 bits per heavy atom. The number of aromatic amines is 1. The third-order valence-electron chi connectivity index (χ3n) is 3.03. The van der Waals surface area contributed by atoms with Crippen molar-refractivity contribution in [2.24, 2.45) is 5.73 Å². The van der Waals surface area contributed by atoms with Gasteiger partial charge >= 0.3 is 5.69 Å². The quantitative estimate of drug-likeness (QED) is 0.460. The summed E-state index contributed by atoms with van der Waals surface area (Å²) in [5.41, 5.74) is 4.78. The first-order valence-corrected chi connectivity index (χ1v) is 5.47. The summed E-state index contributed by atoms with van der Waals surface area (Å²) in [7, 11) is 0. The van der Waals surface area contributed by atoms with E-state index in [0.717, 1.165) is 4.57 Å². The number of H-pyrrole nitrogens is 1. The lowest BCUT2D eigenvalue weighted by Gasteiger charge is -2.17. The van der Waals surface area contributed by atoms with E-state index in [1.54, 1.807) is 0 Å². The molecule has 0 aliphatic carbocycles. The fourth-order valence-electron chi connectivity index (χ4n) is 1.93. The fourth-order valence-corrected chi connectivity index (χ4v) is 1.93. The number of aryl methyl sites for hydroxylation is 1. The minimum atomic E-state index is -1.13. The minimum absolute atomic E-state index is 0.311. The maximum atomic E-state index is 11.6. The molecule has 18 heavy (non-hydrogen) atoms. The molecule has 0 bridgehead atoms. The van der Waals surface area contributed by atoms with Crippen LogP contribution in [0.1, 0.15) is 11.8 Å². The Labute approximate surface area is 102 Å². The molecule has 0 saturated carbocycles. The summed E-state index contributed by atoms with van der Waals surface area (Å²) in [5, 5.41) is 18.9. The number of hydrogen-bond donors (Lipinski definition) is 4. The highest BCUT2D eigenvalue weighted by atomic mass is 16.5. The third kappa shape index (κ3) is 1.99. The average molecular weight is 257 g/mol. The van der Waals surface area contributed by atoms with E-state index in [2.05, 4.69) is 4.98 Å². The van der Waals surface area contributed by atoms with E-state index >= 15 is 0 Å². The number of aliphatic hydroxyl groups excluding tert-OH is 2. The Kier molecular flexibility index (Phi) is 3.35. The van der Waals surface area contributed by atoms with Gasteiger partial charge in [-0.05, 0) is 6.92 Å². The Morgan fingerprint density at radius 1 is 1.56 bits per heavy atom. The molecule has 8 heteroatoms. The number of rotatable bonds is 2. The molecule has 100 valence electrons. The summed E-state index contributed by atoms with van der Waals surface area (Å²) in [5.74, 6) is 0. The molecule has 0 amide bonds. The molecule has 1 aromatic heterocycles. The first-order valence-electron chi connectivity index (χ1n) is 5.47. The summed E-state index contributed by atoms with van der Waals surface area (Å²) in [6.45, 7) is 1.17. The van der Waals surface area contributed by atoms with Gasteiger partial charge in [-0.1, -0.05) is 0 Å². The summed E-state index contributed by atoms with van der Waals surface area (Å²) in [4.78, 5) is 25.0. The van der Waals surface area contributed by atoms with Crippen LogP contribution in [0.2, 0.25) is 0 Å². The molecule has 8 nitrogen and oxygen atoms in total. The van der Waals surface area contributed by atoms with Gasteiger partial charge in [0.05, 0.1) is 12.6 Å². The van der Waals surface area contributed by atoms with Crippen molar-refractivity contribution in [1.29, 1.82) is 0 Å².